The Morgan fingerprint density at radius 1 is 1.26 bits per heavy atom. The van der Waals surface area contributed by atoms with Crippen molar-refractivity contribution >= 4 is 9.84 Å². The summed E-state index contributed by atoms with van der Waals surface area (Å²) in [6, 6.07) is 4.73. The van der Waals surface area contributed by atoms with Crippen molar-refractivity contribution in [2.24, 2.45) is 0 Å². The lowest BCUT2D eigenvalue weighted by atomic mass is 10.3. The molecule has 1 aliphatic rings. The Labute approximate surface area is 113 Å². The standard InChI is InChI=1S/C13H19NO4S/c1-3-10(14-2)9-19(15,16)11-4-5-12-13(8-11)18-7-6-17-12/h4-5,8,10,14H,3,6-7,9H2,1-2H3. The van der Waals surface area contributed by atoms with Crippen molar-refractivity contribution in [1.82, 2.24) is 5.32 Å². The Bertz CT molecular complexity index is 538. The quantitative estimate of drug-likeness (QED) is 0.881. The van der Waals surface area contributed by atoms with Crippen LogP contribution in [0.25, 0.3) is 0 Å². The van der Waals surface area contributed by atoms with Crippen molar-refractivity contribution < 1.29 is 17.9 Å². The van der Waals surface area contributed by atoms with E-state index in [4.69, 9.17) is 9.47 Å². The molecule has 1 aliphatic heterocycles. The molecule has 5 nitrogen and oxygen atoms in total. The van der Waals surface area contributed by atoms with Crippen LogP contribution in [-0.4, -0.2) is 40.5 Å². The van der Waals surface area contributed by atoms with Crippen LogP contribution in [0.3, 0.4) is 0 Å². The fourth-order valence-corrected chi connectivity index (χ4v) is 3.67. The third-order valence-electron chi connectivity index (χ3n) is 3.19. The van der Waals surface area contributed by atoms with Gasteiger partial charge in [0.25, 0.3) is 0 Å². The van der Waals surface area contributed by atoms with Gasteiger partial charge in [0.05, 0.1) is 10.6 Å². The first-order chi connectivity index (χ1) is 9.06. The van der Waals surface area contributed by atoms with Crippen LogP contribution in [0.1, 0.15) is 13.3 Å². The Balaban J connectivity index is 2.25. The van der Waals surface area contributed by atoms with Crippen LogP contribution in [0.4, 0.5) is 0 Å². The van der Waals surface area contributed by atoms with Crippen molar-refractivity contribution in [3.63, 3.8) is 0 Å². The monoisotopic (exact) mass is 285 g/mol. The lowest BCUT2D eigenvalue weighted by molar-refractivity contribution is 0.171. The van der Waals surface area contributed by atoms with Crippen molar-refractivity contribution in [2.45, 2.75) is 24.3 Å². The predicted molar refractivity (Wildman–Crippen MR) is 72.6 cm³/mol. The Hall–Kier alpha value is -1.27. The molecule has 0 aromatic heterocycles. The summed E-state index contributed by atoms with van der Waals surface area (Å²) >= 11 is 0. The third kappa shape index (κ3) is 3.19. The van der Waals surface area contributed by atoms with Crippen molar-refractivity contribution in [3.05, 3.63) is 18.2 Å². The molecule has 0 aliphatic carbocycles. The molecule has 1 aromatic carbocycles. The summed E-state index contributed by atoms with van der Waals surface area (Å²) in [6.07, 6.45) is 0.764. The molecule has 0 fully saturated rings. The Morgan fingerprint density at radius 2 is 1.95 bits per heavy atom. The molecule has 1 N–H and O–H groups in total. The summed E-state index contributed by atoms with van der Waals surface area (Å²) in [5.74, 6) is 1.19. The van der Waals surface area contributed by atoms with E-state index in [9.17, 15) is 8.42 Å². The summed E-state index contributed by atoms with van der Waals surface area (Å²) in [6.45, 7) is 2.90. The first-order valence-corrected chi connectivity index (χ1v) is 8.01. The highest BCUT2D eigenvalue weighted by atomic mass is 32.2. The van der Waals surface area contributed by atoms with Gasteiger partial charge in [-0.15, -0.1) is 0 Å². The van der Waals surface area contributed by atoms with E-state index < -0.39 is 9.84 Å². The maximum absolute atomic E-state index is 12.3. The predicted octanol–water partition coefficient (Wildman–Crippen LogP) is 1.23. The van der Waals surface area contributed by atoms with Crippen LogP contribution in [0.15, 0.2) is 23.1 Å². The number of benzene rings is 1. The minimum absolute atomic E-state index is 0.0433. The molecular formula is C13H19NO4S. The highest BCUT2D eigenvalue weighted by Crippen LogP contribution is 2.32. The lowest BCUT2D eigenvalue weighted by Gasteiger charge is -2.19. The second kappa shape index (κ2) is 5.79. The zero-order chi connectivity index (χ0) is 13.9. The number of hydrogen-bond acceptors (Lipinski definition) is 5. The van der Waals surface area contributed by atoms with Gasteiger partial charge in [-0.2, -0.15) is 0 Å². The molecule has 1 unspecified atom stereocenters. The average molecular weight is 285 g/mol. The van der Waals surface area contributed by atoms with Gasteiger partial charge >= 0.3 is 0 Å². The third-order valence-corrected chi connectivity index (χ3v) is 5.01. The lowest BCUT2D eigenvalue weighted by Crippen LogP contribution is -2.32. The number of ether oxygens (including phenoxy) is 2. The van der Waals surface area contributed by atoms with Gasteiger partial charge < -0.3 is 14.8 Å². The van der Waals surface area contributed by atoms with Crippen molar-refractivity contribution in [1.29, 1.82) is 0 Å². The van der Waals surface area contributed by atoms with E-state index >= 15 is 0 Å². The summed E-state index contributed by atoms with van der Waals surface area (Å²) < 4.78 is 35.4. The molecular weight excluding hydrogens is 266 g/mol. The molecule has 6 heteroatoms. The van der Waals surface area contributed by atoms with Crippen LogP contribution >= 0.6 is 0 Å². The van der Waals surface area contributed by atoms with Crippen molar-refractivity contribution in [3.8, 4) is 11.5 Å². The van der Waals surface area contributed by atoms with Crippen LogP contribution in [-0.2, 0) is 9.84 Å². The topological polar surface area (TPSA) is 64.6 Å². The minimum Gasteiger partial charge on any atom is -0.486 e. The minimum atomic E-state index is -3.32. The van der Waals surface area contributed by atoms with Gasteiger partial charge in [0.2, 0.25) is 0 Å². The maximum Gasteiger partial charge on any atom is 0.180 e. The van der Waals surface area contributed by atoms with E-state index in [1.807, 2.05) is 6.92 Å². The largest absolute Gasteiger partial charge is 0.486 e. The Kier molecular flexibility index (Phi) is 4.31. The highest BCUT2D eigenvalue weighted by Gasteiger charge is 2.22. The van der Waals surface area contributed by atoms with Gasteiger partial charge in [-0.1, -0.05) is 6.92 Å². The summed E-state index contributed by atoms with van der Waals surface area (Å²) in [7, 11) is -1.54. The summed E-state index contributed by atoms with van der Waals surface area (Å²) in [5, 5.41) is 3.00. The average Bonchev–Trinajstić information content (AvgIpc) is 2.44. The molecule has 1 heterocycles. The molecule has 0 spiro atoms. The van der Waals surface area contributed by atoms with Gasteiger partial charge in [-0.05, 0) is 25.6 Å². The van der Waals surface area contributed by atoms with Gasteiger partial charge in [-0.3, -0.25) is 0 Å². The molecule has 0 amide bonds. The number of nitrogens with one attached hydrogen (secondary N) is 1. The van der Waals surface area contributed by atoms with Gasteiger partial charge in [0, 0.05) is 12.1 Å². The van der Waals surface area contributed by atoms with Crippen LogP contribution in [0.5, 0.6) is 11.5 Å². The zero-order valence-corrected chi connectivity index (χ0v) is 12.0. The molecule has 0 saturated carbocycles. The van der Waals surface area contributed by atoms with E-state index in [-0.39, 0.29) is 16.7 Å². The molecule has 1 aromatic rings. The number of hydrogen-bond donors (Lipinski definition) is 1. The van der Waals surface area contributed by atoms with Gasteiger partial charge in [-0.25, -0.2) is 8.42 Å². The fourth-order valence-electron chi connectivity index (χ4n) is 1.98. The van der Waals surface area contributed by atoms with E-state index in [1.165, 1.54) is 0 Å². The van der Waals surface area contributed by atoms with Crippen LogP contribution in [0.2, 0.25) is 0 Å². The number of fused-ring (bicyclic) bond motifs is 1. The number of sulfone groups is 1. The molecule has 0 bridgehead atoms. The normalized spacial score (nSPS) is 16.1. The van der Waals surface area contributed by atoms with E-state index in [1.54, 1.807) is 25.2 Å². The van der Waals surface area contributed by atoms with Crippen LogP contribution < -0.4 is 14.8 Å². The maximum atomic E-state index is 12.3. The smallest absolute Gasteiger partial charge is 0.180 e. The van der Waals surface area contributed by atoms with Crippen LogP contribution in [0, 0.1) is 0 Å². The first kappa shape index (κ1) is 14.1. The molecule has 0 saturated heterocycles. The first-order valence-electron chi connectivity index (χ1n) is 6.36. The van der Waals surface area contributed by atoms with E-state index in [2.05, 4.69) is 5.32 Å². The van der Waals surface area contributed by atoms with E-state index in [0.29, 0.717) is 24.7 Å². The Morgan fingerprint density at radius 3 is 2.58 bits per heavy atom. The molecule has 2 rings (SSSR count). The number of rotatable bonds is 5. The summed E-state index contributed by atoms with van der Waals surface area (Å²) in [4.78, 5) is 0.283. The second-order valence-corrected chi connectivity index (χ2v) is 6.51. The molecule has 19 heavy (non-hydrogen) atoms. The molecule has 0 radical (unpaired) electrons. The zero-order valence-electron chi connectivity index (χ0n) is 11.2. The SMILES string of the molecule is CCC(CS(=O)(=O)c1ccc2c(c1)OCCO2)NC. The highest BCUT2D eigenvalue weighted by molar-refractivity contribution is 7.91. The fraction of sp³-hybridized carbons (Fsp3) is 0.538. The van der Waals surface area contributed by atoms with Crippen molar-refractivity contribution in [2.75, 3.05) is 26.0 Å². The van der Waals surface area contributed by atoms with E-state index in [0.717, 1.165) is 6.42 Å². The van der Waals surface area contributed by atoms with Gasteiger partial charge in [0.1, 0.15) is 13.2 Å². The summed E-state index contributed by atoms with van der Waals surface area (Å²) in [5.41, 5.74) is 0. The van der Waals surface area contributed by atoms with Gasteiger partial charge in [0.15, 0.2) is 21.3 Å². The molecule has 106 valence electrons. The second-order valence-electron chi connectivity index (χ2n) is 4.48. The molecule has 1 atom stereocenters.